The fourth-order valence-electron chi connectivity index (χ4n) is 1.51. The molecular formula is C12H21N3O5. The van der Waals surface area contributed by atoms with Crippen LogP contribution in [0.4, 0.5) is 4.79 Å². The van der Waals surface area contributed by atoms with Crippen LogP contribution in [0.15, 0.2) is 0 Å². The molecule has 1 unspecified atom stereocenters. The number of amides is 3. The van der Waals surface area contributed by atoms with E-state index in [4.69, 9.17) is 9.84 Å². The second kappa shape index (κ2) is 7.68. The summed E-state index contributed by atoms with van der Waals surface area (Å²) in [5.74, 6) is -1.38. The summed E-state index contributed by atoms with van der Waals surface area (Å²) in [4.78, 5) is 35.4. The Morgan fingerprint density at radius 2 is 2.05 bits per heavy atom. The Morgan fingerprint density at radius 1 is 1.40 bits per heavy atom. The van der Waals surface area contributed by atoms with Gasteiger partial charge in [-0.25, -0.2) is 4.79 Å². The zero-order chi connectivity index (χ0) is 15.1. The number of carbonyl (C=O) groups excluding carboxylic acids is 2. The van der Waals surface area contributed by atoms with Gasteiger partial charge in [0.25, 0.3) is 0 Å². The van der Waals surface area contributed by atoms with E-state index in [2.05, 4.69) is 10.6 Å². The normalized spacial score (nSPS) is 15.3. The molecule has 0 aliphatic heterocycles. The number of carbonyl (C=O) groups is 3. The molecule has 1 saturated carbocycles. The Morgan fingerprint density at radius 3 is 2.55 bits per heavy atom. The quantitative estimate of drug-likeness (QED) is 0.552. The van der Waals surface area contributed by atoms with Gasteiger partial charge in [0.05, 0.1) is 6.61 Å². The van der Waals surface area contributed by atoms with E-state index in [9.17, 15) is 14.4 Å². The SMILES string of the molecule is COCCN(CC(=O)O)C(=O)NC(C)C(=O)NC1CC1. The number of aliphatic carboxylic acids is 1. The van der Waals surface area contributed by atoms with Crippen molar-refractivity contribution in [3.63, 3.8) is 0 Å². The molecule has 20 heavy (non-hydrogen) atoms. The third kappa shape index (κ3) is 5.87. The summed E-state index contributed by atoms with van der Waals surface area (Å²) in [6.45, 7) is 1.49. The molecule has 1 aliphatic rings. The first-order valence-electron chi connectivity index (χ1n) is 6.50. The Balaban J connectivity index is 2.45. The van der Waals surface area contributed by atoms with E-state index in [0.29, 0.717) is 0 Å². The highest BCUT2D eigenvalue weighted by Crippen LogP contribution is 2.18. The fourth-order valence-corrected chi connectivity index (χ4v) is 1.51. The van der Waals surface area contributed by atoms with Crippen LogP contribution >= 0.6 is 0 Å². The Kier molecular flexibility index (Phi) is 6.23. The monoisotopic (exact) mass is 287 g/mol. The van der Waals surface area contributed by atoms with Gasteiger partial charge in [0, 0.05) is 19.7 Å². The van der Waals surface area contributed by atoms with Crippen molar-refractivity contribution >= 4 is 17.9 Å². The van der Waals surface area contributed by atoms with Gasteiger partial charge in [0.1, 0.15) is 12.6 Å². The molecule has 0 spiro atoms. The first kappa shape index (κ1) is 16.2. The van der Waals surface area contributed by atoms with E-state index in [1.807, 2.05) is 0 Å². The molecule has 1 atom stereocenters. The lowest BCUT2D eigenvalue weighted by Crippen LogP contribution is -2.51. The summed E-state index contributed by atoms with van der Waals surface area (Å²) in [6, 6.07) is -1.09. The molecular weight excluding hydrogens is 266 g/mol. The Hall–Kier alpha value is -1.83. The topological polar surface area (TPSA) is 108 Å². The van der Waals surface area contributed by atoms with Crippen molar-refractivity contribution in [1.29, 1.82) is 0 Å². The lowest BCUT2D eigenvalue weighted by atomic mass is 10.3. The molecule has 3 N–H and O–H groups in total. The van der Waals surface area contributed by atoms with Gasteiger partial charge >= 0.3 is 12.0 Å². The summed E-state index contributed by atoms with van der Waals surface area (Å²) in [5, 5.41) is 14.0. The van der Waals surface area contributed by atoms with Gasteiger partial charge < -0.3 is 25.4 Å². The first-order chi connectivity index (χ1) is 9.43. The highest BCUT2D eigenvalue weighted by molar-refractivity contribution is 5.88. The van der Waals surface area contributed by atoms with Crippen LogP contribution in [0.2, 0.25) is 0 Å². The predicted molar refractivity (Wildman–Crippen MR) is 70.2 cm³/mol. The molecule has 1 rings (SSSR count). The second-order valence-corrected chi connectivity index (χ2v) is 4.76. The molecule has 0 aromatic heterocycles. The summed E-state index contributed by atoms with van der Waals surface area (Å²) in [5.41, 5.74) is 0. The number of nitrogens with one attached hydrogen (secondary N) is 2. The second-order valence-electron chi connectivity index (χ2n) is 4.76. The van der Waals surface area contributed by atoms with Crippen LogP contribution in [0, 0.1) is 0 Å². The molecule has 0 aromatic carbocycles. The maximum Gasteiger partial charge on any atom is 0.323 e. The average molecular weight is 287 g/mol. The Labute approximate surface area is 117 Å². The number of carboxylic acid groups (broad SMARTS) is 1. The van der Waals surface area contributed by atoms with Crippen molar-refractivity contribution in [2.75, 3.05) is 26.8 Å². The van der Waals surface area contributed by atoms with Crippen LogP contribution in [-0.4, -0.2) is 66.8 Å². The van der Waals surface area contributed by atoms with E-state index >= 15 is 0 Å². The number of urea groups is 1. The van der Waals surface area contributed by atoms with Gasteiger partial charge in [-0.1, -0.05) is 0 Å². The van der Waals surface area contributed by atoms with Crippen molar-refractivity contribution in [2.45, 2.75) is 31.8 Å². The van der Waals surface area contributed by atoms with Crippen molar-refractivity contribution in [2.24, 2.45) is 0 Å². The van der Waals surface area contributed by atoms with E-state index < -0.39 is 24.6 Å². The predicted octanol–water partition coefficient (Wildman–Crippen LogP) is -0.604. The van der Waals surface area contributed by atoms with Crippen LogP contribution in [0.25, 0.3) is 0 Å². The maximum absolute atomic E-state index is 11.9. The summed E-state index contributed by atoms with van der Waals surface area (Å²) in [6.07, 6.45) is 1.93. The van der Waals surface area contributed by atoms with E-state index in [-0.39, 0.29) is 25.1 Å². The molecule has 0 saturated heterocycles. The molecule has 0 bridgehead atoms. The Bertz CT molecular complexity index is 370. The van der Waals surface area contributed by atoms with Crippen LogP contribution in [0.3, 0.4) is 0 Å². The molecule has 0 radical (unpaired) electrons. The minimum Gasteiger partial charge on any atom is -0.480 e. The molecule has 8 heteroatoms. The molecule has 3 amide bonds. The van der Waals surface area contributed by atoms with Gasteiger partial charge in [0.15, 0.2) is 0 Å². The largest absolute Gasteiger partial charge is 0.480 e. The third-order valence-corrected chi connectivity index (χ3v) is 2.84. The molecule has 0 heterocycles. The van der Waals surface area contributed by atoms with Crippen LogP contribution in [0.1, 0.15) is 19.8 Å². The van der Waals surface area contributed by atoms with Gasteiger partial charge in [0.2, 0.25) is 5.91 Å². The molecule has 1 aliphatic carbocycles. The maximum atomic E-state index is 11.9. The van der Waals surface area contributed by atoms with Crippen molar-refractivity contribution in [3.05, 3.63) is 0 Å². The number of hydrogen-bond donors (Lipinski definition) is 3. The third-order valence-electron chi connectivity index (χ3n) is 2.84. The van der Waals surface area contributed by atoms with Crippen molar-refractivity contribution in [1.82, 2.24) is 15.5 Å². The summed E-state index contributed by atoms with van der Waals surface area (Å²) in [7, 11) is 1.46. The van der Waals surface area contributed by atoms with Gasteiger partial charge in [-0.15, -0.1) is 0 Å². The van der Waals surface area contributed by atoms with Gasteiger partial charge in [-0.05, 0) is 19.8 Å². The number of hydrogen-bond acceptors (Lipinski definition) is 4. The van der Waals surface area contributed by atoms with E-state index in [1.54, 1.807) is 6.92 Å². The van der Waals surface area contributed by atoms with E-state index in [1.165, 1.54) is 7.11 Å². The summed E-state index contributed by atoms with van der Waals surface area (Å²) >= 11 is 0. The van der Waals surface area contributed by atoms with Crippen LogP contribution in [-0.2, 0) is 14.3 Å². The average Bonchev–Trinajstić information content (AvgIpc) is 3.17. The highest BCUT2D eigenvalue weighted by atomic mass is 16.5. The summed E-state index contributed by atoms with van der Waals surface area (Å²) < 4.78 is 4.82. The fraction of sp³-hybridized carbons (Fsp3) is 0.750. The number of rotatable bonds is 8. The lowest BCUT2D eigenvalue weighted by Gasteiger charge is -2.23. The molecule has 8 nitrogen and oxygen atoms in total. The minimum absolute atomic E-state index is 0.144. The lowest BCUT2D eigenvalue weighted by molar-refractivity contribution is -0.137. The smallest absolute Gasteiger partial charge is 0.323 e. The molecule has 114 valence electrons. The first-order valence-corrected chi connectivity index (χ1v) is 6.50. The zero-order valence-corrected chi connectivity index (χ0v) is 11.7. The molecule has 1 fully saturated rings. The minimum atomic E-state index is -1.12. The number of methoxy groups -OCH3 is 1. The highest BCUT2D eigenvalue weighted by Gasteiger charge is 2.27. The van der Waals surface area contributed by atoms with Gasteiger partial charge in [-0.3, -0.25) is 9.59 Å². The van der Waals surface area contributed by atoms with Crippen LogP contribution < -0.4 is 10.6 Å². The number of carboxylic acids is 1. The van der Waals surface area contributed by atoms with E-state index in [0.717, 1.165) is 17.7 Å². The van der Waals surface area contributed by atoms with Crippen molar-refractivity contribution in [3.8, 4) is 0 Å². The number of ether oxygens (including phenoxy) is 1. The molecule has 0 aromatic rings. The van der Waals surface area contributed by atoms with Crippen molar-refractivity contribution < 1.29 is 24.2 Å². The van der Waals surface area contributed by atoms with Gasteiger partial charge in [-0.2, -0.15) is 0 Å². The van der Waals surface area contributed by atoms with Crippen LogP contribution in [0.5, 0.6) is 0 Å². The standard InChI is InChI=1S/C12H21N3O5/c1-8(11(18)14-9-3-4-9)13-12(19)15(5-6-20-2)7-10(16)17/h8-9H,3-7H2,1-2H3,(H,13,19)(H,14,18)(H,16,17). The number of nitrogens with zero attached hydrogens (tertiary/aromatic N) is 1. The zero-order valence-electron chi connectivity index (χ0n) is 11.7.